The second-order valence-corrected chi connectivity index (χ2v) is 9.52. The van der Waals surface area contributed by atoms with Gasteiger partial charge < -0.3 is 15.0 Å². The van der Waals surface area contributed by atoms with Crippen molar-refractivity contribution in [3.05, 3.63) is 63.7 Å². The van der Waals surface area contributed by atoms with E-state index < -0.39 is 6.04 Å². The number of benzene rings is 2. The molecule has 9 heteroatoms. The lowest BCUT2D eigenvalue weighted by Gasteiger charge is -2.38. The van der Waals surface area contributed by atoms with E-state index in [1.54, 1.807) is 36.1 Å². The Labute approximate surface area is 208 Å². The number of amides is 2. The number of anilines is 1. The number of nitrogens with one attached hydrogen (secondary N) is 1. The number of fused-ring (bicyclic) bond motifs is 2. The highest BCUT2D eigenvalue weighted by molar-refractivity contribution is 6.36. The maximum Gasteiger partial charge on any atom is 0.251 e. The summed E-state index contributed by atoms with van der Waals surface area (Å²) in [4.78, 5) is 55.3. The monoisotopic (exact) mass is 495 g/mol. The zero-order chi connectivity index (χ0) is 24.7. The number of carbonyl (C=O) groups excluding carboxylic acids is 4. The molecule has 1 N–H and O–H groups in total. The van der Waals surface area contributed by atoms with Crippen LogP contribution in [0.2, 0.25) is 5.02 Å². The molecule has 0 unspecified atom stereocenters. The fourth-order valence-electron chi connectivity index (χ4n) is 4.92. The van der Waals surface area contributed by atoms with Crippen molar-refractivity contribution >= 4 is 40.7 Å². The molecule has 35 heavy (non-hydrogen) atoms. The van der Waals surface area contributed by atoms with Crippen molar-refractivity contribution in [3.63, 3.8) is 0 Å². The number of nitrogens with zero attached hydrogens (tertiary/aromatic N) is 2. The molecular formula is C26H26ClN3O5. The third-order valence-corrected chi connectivity index (χ3v) is 7.34. The third-order valence-electron chi connectivity index (χ3n) is 7.03. The number of halogens is 1. The van der Waals surface area contributed by atoms with Crippen molar-refractivity contribution < 1.29 is 23.9 Å². The van der Waals surface area contributed by atoms with E-state index in [0.717, 1.165) is 12.8 Å². The van der Waals surface area contributed by atoms with Gasteiger partial charge in [-0.3, -0.25) is 24.1 Å². The first kappa shape index (κ1) is 23.7. The van der Waals surface area contributed by atoms with E-state index in [2.05, 4.69) is 5.32 Å². The predicted molar refractivity (Wildman–Crippen MR) is 130 cm³/mol. The van der Waals surface area contributed by atoms with E-state index in [1.807, 2.05) is 4.90 Å². The number of carbonyl (C=O) groups is 4. The number of piperazine rings is 1. The first-order valence-electron chi connectivity index (χ1n) is 11.8. The second kappa shape index (κ2) is 9.53. The first-order chi connectivity index (χ1) is 16.8. The molecule has 1 aliphatic carbocycles. The minimum Gasteiger partial charge on any atom is -0.368 e. The van der Waals surface area contributed by atoms with Crippen molar-refractivity contribution in [1.29, 1.82) is 0 Å². The SMILES string of the molecule is C[C@H](C(=O)Nc1cc2c(cc1Cl)C(=O)c1ccccc1C2=O)N1CCN(C(=O)[C@@H]2CCCO2)CC1. The maximum absolute atomic E-state index is 13.0. The average molecular weight is 496 g/mol. The van der Waals surface area contributed by atoms with Gasteiger partial charge in [-0.1, -0.05) is 35.9 Å². The molecular weight excluding hydrogens is 470 g/mol. The summed E-state index contributed by atoms with van der Waals surface area (Å²) in [7, 11) is 0. The van der Waals surface area contributed by atoms with Crippen LogP contribution in [0.3, 0.4) is 0 Å². The van der Waals surface area contributed by atoms with Crippen molar-refractivity contribution in [2.45, 2.75) is 31.9 Å². The molecule has 0 radical (unpaired) electrons. The summed E-state index contributed by atoms with van der Waals surface area (Å²) < 4.78 is 5.50. The molecule has 0 spiro atoms. The van der Waals surface area contributed by atoms with Crippen LogP contribution in [0.25, 0.3) is 0 Å². The molecule has 182 valence electrons. The molecule has 2 fully saturated rings. The summed E-state index contributed by atoms with van der Waals surface area (Å²) in [5.41, 5.74) is 1.44. The number of ether oxygens (including phenoxy) is 1. The second-order valence-electron chi connectivity index (χ2n) is 9.11. The van der Waals surface area contributed by atoms with E-state index in [-0.39, 0.29) is 51.3 Å². The van der Waals surface area contributed by atoms with Gasteiger partial charge in [-0.15, -0.1) is 0 Å². The fourth-order valence-corrected chi connectivity index (χ4v) is 5.13. The fraction of sp³-hybridized carbons (Fsp3) is 0.385. The average Bonchev–Trinajstić information content (AvgIpc) is 3.42. The van der Waals surface area contributed by atoms with Crippen molar-refractivity contribution in [2.75, 3.05) is 38.1 Å². The van der Waals surface area contributed by atoms with Crippen LogP contribution in [-0.4, -0.2) is 78.1 Å². The van der Waals surface area contributed by atoms with Crippen LogP contribution in [0.5, 0.6) is 0 Å². The zero-order valence-corrected chi connectivity index (χ0v) is 20.1. The lowest BCUT2D eigenvalue weighted by atomic mass is 9.84. The molecule has 2 amide bonds. The number of hydrogen-bond acceptors (Lipinski definition) is 6. The molecule has 2 atom stereocenters. The zero-order valence-electron chi connectivity index (χ0n) is 19.4. The van der Waals surface area contributed by atoms with E-state index in [4.69, 9.17) is 16.3 Å². The highest BCUT2D eigenvalue weighted by Crippen LogP contribution is 2.33. The topological polar surface area (TPSA) is 96.0 Å². The van der Waals surface area contributed by atoms with E-state index in [0.29, 0.717) is 43.9 Å². The lowest BCUT2D eigenvalue weighted by molar-refractivity contribution is -0.143. The van der Waals surface area contributed by atoms with Crippen LogP contribution in [-0.2, 0) is 14.3 Å². The lowest BCUT2D eigenvalue weighted by Crippen LogP contribution is -2.55. The Hall–Kier alpha value is -3.07. The molecule has 2 heterocycles. The van der Waals surface area contributed by atoms with Gasteiger partial charge in [0.2, 0.25) is 5.91 Å². The van der Waals surface area contributed by atoms with Crippen molar-refractivity contribution in [2.24, 2.45) is 0 Å². The number of rotatable bonds is 4. The molecule has 5 rings (SSSR count). The summed E-state index contributed by atoms with van der Waals surface area (Å²) in [6.07, 6.45) is 1.33. The van der Waals surface area contributed by atoms with E-state index >= 15 is 0 Å². The minimum absolute atomic E-state index is 0.0286. The largest absolute Gasteiger partial charge is 0.368 e. The Morgan fingerprint density at radius 1 is 1.00 bits per heavy atom. The van der Waals surface area contributed by atoms with Crippen LogP contribution in [0.4, 0.5) is 5.69 Å². The van der Waals surface area contributed by atoms with Crippen molar-refractivity contribution in [3.8, 4) is 0 Å². The highest BCUT2D eigenvalue weighted by Gasteiger charge is 2.34. The quantitative estimate of drug-likeness (QED) is 0.598. The van der Waals surface area contributed by atoms with Gasteiger partial charge in [0.05, 0.1) is 16.8 Å². The van der Waals surface area contributed by atoms with E-state index in [1.165, 1.54) is 12.1 Å². The van der Waals surface area contributed by atoms with Gasteiger partial charge in [0.15, 0.2) is 11.6 Å². The summed E-state index contributed by atoms with van der Waals surface area (Å²) in [6, 6.07) is 9.13. The molecule has 3 aliphatic rings. The Balaban J connectivity index is 1.26. The van der Waals surface area contributed by atoms with Crippen LogP contribution in [0.15, 0.2) is 36.4 Å². The van der Waals surface area contributed by atoms with E-state index in [9.17, 15) is 19.2 Å². The smallest absolute Gasteiger partial charge is 0.251 e. The van der Waals surface area contributed by atoms with Gasteiger partial charge in [0.25, 0.3) is 5.91 Å². The Kier molecular flexibility index (Phi) is 6.44. The highest BCUT2D eigenvalue weighted by atomic mass is 35.5. The molecule has 8 nitrogen and oxygen atoms in total. The number of hydrogen-bond donors (Lipinski definition) is 1. The molecule has 2 saturated heterocycles. The van der Waals surface area contributed by atoms with Gasteiger partial charge in [-0.25, -0.2) is 0 Å². The Bertz CT molecular complexity index is 1220. The summed E-state index contributed by atoms with van der Waals surface area (Å²) in [6.45, 7) is 4.62. The van der Waals surface area contributed by atoms with Gasteiger partial charge in [0.1, 0.15) is 6.10 Å². The van der Waals surface area contributed by atoms with Crippen LogP contribution in [0.1, 0.15) is 51.6 Å². The molecule has 0 aromatic heterocycles. The standard InChI is InChI=1S/C26H26ClN3O5/c1-15(29-8-10-30(11-9-29)26(34)22-7-4-12-35-22)25(33)28-21-14-19-18(13-20(21)27)23(31)16-5-2-3-6-17(16)24(19)32/h2-3,5-6,13-15,22H,4,7-12H2,1H3,(H,28,33)/t15-,22+/m1/s1. The van der Waals surface area contributed by atoms with Gasteiger partial charge >= 0.3 is 0 Å². The van der Waals surface area contributed by atoms with Gasteiger partial charge in [-0.2, -0.15) is 0 Å². The minimum atomic E-state index is -0.472. The number of ketones is 2. The maximum atomic E-state index is 13.0. The molecule has 0 bridgehead atoms. The van der Waals surface area contributed by atoms with Crippen LogP contribution >= 0.6 is 11.6 Å². The molecule has 2 aliphatic heterocycles. The normalized spacial score (nSPS) is 20.9. The third kappa shape index (κ3) is 4.37. The Morgan fingerprint density at radius 3 is 2.23 bits per heavy atom. The summed E-state index contributed by atoms with van der Waals surface area (Å²) >= 11 is 6.40. The molecule has 0 saturated carbocycles. The van der Waals surface area contributed by atoms with Crippen molar-refractivity contribution in [1.82, 2.24) is 9.80 Å². The van der Waals surface area contributed by atoms with Crippen LogP contribution in [0, 0.1) is 0 Å². The van der Waals surface area contributed by atoms with Gasteiger partial charge in [-0.05, 0) is 31.9 Å². The van der Waals surface area contributed by atoms with Crippen LogP contribution < -0.4 is 5.32 Å². The first-order valence-corrected chi connectivity index (χ1v) is 12.2. The molecule has 2 aromatic rings. The Morgan fingerprint density at radius 2 is 1.63 bits per heavy atom. The van der Waals surface area contributed by atoms with Gasteiger partial charge in [0, 0.05) is 55.0 Å². The predicted octanol–water partition coefficient (Wildman–Crippen LogP) is 2.77. The summed E-state index contributed by atoms with van der Waals surface area (Å²) in [5.74, 6) is -0.789. The molecule has 2 aromatic carbocycles. The summed E-state index contributed by atoms with van der Waals surface area (Å²) in [5, 5.41) is 3.01.